The molecule has 7 aromatic rings. The quantitative estimate of drug-likeness (QED) is 0.0851. The minimum atomic E-state index is 0.699. The molecule has 0 radical (unpaired) electrons. The summed E-state index contributed by atoms with van der Waals surface area (Å²) in [4.78, 5) is 0. The van der Waals surface area contributed by atoms with Gasteiger partial charge in [0.05, 0.1) is 0 Å². The van der Waals surface area contributed by atoms with Gasteiger partial charge in [0.2, 0.25) is 0 Å². The van der Waals surface area contributed by atoms with Gasteiger partial charge in [-0.25, -0.2) is 0 Å². The predicted octanol–water partition coefficient (Wildman–Crippen LogP) is 14.1. The van der Waals surface area contributed by atoms with Crippen molar-refractivity contribution >= 4 is 50.2 Å². The summed E-state index contributed by atoms with van der Waals surface area (Å²) in [5.74, 6) is 0. The number of hydrogen-bond donors (Lipinski definition) is 2. The minimum Gasteiger partial charge on any atom is -0.380 e. The van der Waals surface area contributed by atoms with Gasteiger partial charge in [0.1, 0.15) is 0 Å². The molecule has 1 aliphatic carbocycles. The lowest BCUT2D eigenvalue weighted by molar-refractivity contribution is 0.920. The fourth-order valence-corrected chi connectivity index (χ4v) is 8.42. The van der Waals surface area contributed by atoms with Crippen LogP contribution in [0.3, 0.4) is 0 Å². The molecule has 0 amide bonds. The average molecular weight is 765 g/mol. The topological polar surface area (TPSA) is 24.1 Å². The van der Waals surface area contributed by atoms with Gasteiger partial charge in [0.25, 0.3) is 0 Å². The van der Waals surface area contributed by atoms with Crippen LogP contribution in [0, 0.1) is 0 Å². The first-order valence-electron chi connectivity index (χ1n) is 20.8. The molecule has 1 aliphatic rings. The minimum absolute atomic E-state index is 0.699. The molecule has 0 bridgehead atoms. The van der Waals surface area contributed by atoms with Crippen molar-refractivity contribution in [1.82, 2.24) is 10.6 Å². The number of nitrogens with one attached hydrogen (secondary N) is 2. The Kier molecular flexibility index (Phi) is 12.1. The Morgan fingerprint density at radius 2 is 1.42 bits per heavy atom. The Hall–Kier alpha value is -6.74. The van der Waals surface area contributed by atoms with E-state index in [4.69, 9.17) is 0 Å². The Bertz CT molecular complexity index is 2870. The fraction of sp³-hybridized carbons (Fsp3) is 0.123. The maximum absolute atomic E-state index is 4.10. The zero-order valence-corrected chi connectivity index (χ0v) is 34.4. The zero-order valence-electron chi connectivity index (χ0n) is 34.4. The highest BCUT2D eigenvalue weighted by atomic mass is 14.9. The Balaban J connectivity index is 1.15. The summed E-state index contributed by atoms with van der Waals surface area (Å²) in [5, 5.41) is 14.6. The normalized spacial score (nSPS) is 13.4. The number of fused-ring (bicyclic) bond motifs is 4. The molecule has 0 saturated carbocycles. The highest BCUT2D eigenvalue weighted by molar-refractivity contribution is 6.22. The first-order chi connectivity index (χ1) is 29.1. The molecule has 290 valence electrons. The van der Waals surface area contributed by atoms with Crippen LogP contribution in [0.5, 0.6) is 0 Å². The van der Waals surface area contributed by atoms with Crippen molar-refractivity contribution in [2.45, 2.75) is 26.7 Å². The number of likely N-dealkylation sites (N-methyl/N-ethyl adjacent to an activating group) is 1. The zero-order chi connectivity index (χ0) is 40.6. The molecule has 59 heavy (non-hydrogen) atoms. The van der Waals surface area contributed by atoms with Gasteiger partial charge in [-0.3, -0.25) is 0 Å². The van der Waals surface area contributed by atoms with Crippen LogP contribution < -0.4 is 10.6 Å². The van der Waals surface area contributed by atoms with E-state index in [0.717, 1.165) is 41.8 Å². The van der Waals surface area contributed by atoms with E-state index in [1.807, 2.05) is 13.1 Å². The largest absolute Gasteiger partial charge is 0.380 e. The second-order valence-corrected chi connectivity index (χ2v) is 15.3. The van der Waals surface area contributed by atoms with Gasteiger partial charge >= 0.3 is 0 Å². The summed E-state index contributed by atoms with van der Waals surface area (Å²) in [7, 11) is 1.96. The van der Waals surface area contributed by atoms with Crippen LogP contribution in [-0.2, 0) is 12.8 Å². The molecule has 0 spiro atoms. The smallest absolute Gasteiger partial charge is 0.0452 e. The molecule has 0 saturated heterocycles. The summed E-state index contributed by atoms with van der Waals surface area (Å²) in [6.45, 7) is 9.92. The first-order valence-corrected chi connectivity index (χ1v) is 20.8. The van der Waals surface area contributed by atoms with Gasteiger partial charge < -0.3 is 10.6 Å². The standard InChI is InChI=1S/C57H52N2/c1-5-41(39-59-57(40(3)18-8-7-15-35-58-4)50-26-12-11-21-43(50)6-2)19-16-20-42-29-34-53-54(36-42)56(49-33-31-45-24-17-25-47(45)38-49)52-28-14-13-27-51(52)55(53)48-32-30-44-22-9-10-23-46(44)37-48/h5-19,21-23,25-34,36-38,58-59H,2,20,24,35,39H2,1,3-4H3/b15-7-,18-8-,19-16-,41-5+,57-40+. The van der Waals surface area contributed by atoms with Crippen molar-refractivity contribution in [2.75, 3.05) is 20.1 Å². The lowest BCUT2D eigenvalue weighted by Gasteiger charge is -2.19. The van der Waals surface area contributed by atoms with E-state index in [1.54, 1.807) is 0 Å². The molecule has 0 unspecified atom stereocenters. The molecule has 2 heteroatoms. The van der Waals surface area contributed by atoms with Gasteiger partial charge in [-0.15, -0.1) is 0 Å². The fourth-order valence-electron chi connectivity index (χ4n) is 8.42. The van der Waals surface area contributed by atoms with Crippen molar-refractivity contribution < 1.29 is 0 Å². The van der Waals surface area contributed by atoms with Crippen LogP contribution in [0.15, 0.2) is 194 Å². The monoisotopic (exact) mass is 764 g/mol. The van der Waals surface area contributed by atoms with E-state index in [9.17, 15) is 0 Å². The third-order valence-electron chi connectivity index (χ3n) is 11.5. The molecule has 0 aromatic heterocycles. The van der Waals surface area contributed by atoms with Gasteiger partial charge in [0.15, 0.2) is 0 Å². The van der Waals surface area contributed by atoms with Crippen LogP contribution in [0.25, 0.3) is 72.4 Å². The SMILES string of the molecule is C=Cc1ccccc1\C(NCC(/C=C\Cc1ccc2c(-c3ccc4ccccc4c3)c3ccccc3c(-c3ccc4c(c3)C=CC4)c2c1)=C/C)=C(C)/C=C\C=C/CNC. The maximum atomic E-state index is 4.10. The molecule has 8 rings (SSSR count). The summed E-state index contributed by atoms with van der Waals surface area (Å²) < 4.78 is 0. The molecule has 0 fully saturated rings. The lowest BCUT2D eigenvalue weighted by atomic mass is 9.84. The molecule has 2 N–H and O–H groups in total. The van der Waals surface area contributed by atoms with Crippen LogP contribution >= 0.6 is 0 Å². The van der Waals surface area contributed by atoms with E-state index in [-0.39, 0.29) is 0 Å². The molecular formula is C57H52N2. The lowest BCUT2D eigenvalue weighted by Crippen LogP contribution is -2.17. The summed E-state index contributed by atoms with van der Waals surface area (Å²) in [6.07, 6.45) is 23.6. The van der Waals surface area contributed by atoms with E-state index >= 15 is 0 Å². The van der Waals surface area contributed by atoms with Crippen LogP contribution in [0.1, 0.15) is 41.7 Å². The van der Waals surface area contributed by atoms with Gasteiger partial charge in [-0.2, -0.15) is 0 Å². The number of hydrogen-bond acceptors (Lipinski definition) is 2. The van der Waals surface area contributed by atoms with Crippen molar-refractivity contribution in [1.29, 1.82) is 0 Å². The van der Waals surface area contributed by atoms with Gasteiger partial charge in [-0.05, 0) is 134 Å². The van der Waals surface area contributed by atoms with Crippen LogP contribution in [0.2, 0.25) is 0 Å². The molecule has 0 atom stereocenters. The van der Waals surface area contributed by atoms with E-state index in [0.29, 0.717) is 6.54 Å². The maximum Gasteiger partial charge on any atom is 0.0452 e. The number of allylic oxidation sites excluding steroid dienone is 7. The second-order valence-electron chi connectivity index (χ2n) is 15.3. The highest BCUT2D eigenvalue weighted by Crippen LogP contribution is 2.45. The molecule has 0 aliphatic heterocycles. The third kappa shape index (κ3) is 8.46. The van der Waals surface area contributed by atoms with Crippen molar-refractivity contribution in [2.24, 2.45) is 0 Å². The first kappa shape index (κ1) is 39.1. The van der Waals surface area contributed by atoms with E-state index in [1.165, 1.54) is 76.8 Å². The van der Waals surface area contributed by atoms with Crippen LogP contribution in [0.4, 0.5) is 0 Å². The van der Waals surface area contributed by atoms with Crippen LogP contribution in [-0.4, -0.2) is 20.1 Å². The third-order valence-corrected chi connectivity index (χ3v) is 11.5. The molecular weight excluding hydrogens is 713 g/mol. The Morgan fingerprint density at radius 3 is 2.24 bits per heavy atom. The molecule has 2 nitrogen and oxygen atoms in total. The highest BCUT2D eigenvalue weighted by Gasteiger charge is 2.19. The van der Waals surface area contributed by atoms with Crippen molar-refractivity contribution in [3.05, 3.63) is 222 Å². The number of benzene rings is 7. The van der Waals surface area contributed by atoms with Gasteiger partial charge in [0, 0.05) is 24.4 Å². The van der Waals surface area contributed by atoms with Crippen molar-refractivity contribution in [3.63, 3.8) is 0 Å². The summed E-state index contributed by atoms with van der Waals surface area (Å²) in [6, 6.07) is 47.2. The Labute approximate surface area is 350 Å². The number of rotatable bonds is 14. The molecule has 0 heterocycles. The van der Waals surface area contributed by atoms with Crippen molar-refractivity contribution in [3.8, 4) is 22.3 Å². The predicted molar refractivity (Wildman–Crippen MR) is 259 cm³/mol. The summed E-state index contributed by atoms with van der Waals surface area (Å²) in [5.41, 5.74) is 14.8. The summed E-state index contributed by atoms with van der Waals surface area (Å²) >= 11 is 0. The van der Waals surface area contributed by atoms with E-state index < -0.39 is 0 Å². The van der Waals surface area contributed by atoms with E-state index in [2.05, 4.69) is 213 Å². The average Bonchev–Trinajstić information content (AvgIpc) is 3.76. The second kappa shape index (κ2) is 18.2. The Morgan fingerprint density at radius 1 is 0.695 bits per heavy atom. The van der Waals surface area contributed by atoms with Gasteiger partial charge in [-0.1, -0.05) is 183 Å². The molecule has 7 aromatic carbocycles.